The third kappa shape index (κ3) is 12.5. The molecule has 1 heterocycles. The quantitative estimate of drug-likeness (QED) is 0.0739. The van der Waals surface area contributed by atoms with Crippen LogP contribution in [0.4, 0.5) is 5.69 Å². The molecule has 0 spiro atoms. The van der Waals surface area contributed by atoms with E-state index in [2.05, 4.69) is 10.3 Å². The second-order valence-electron chi connectivity index (χ2n) is 15.5. The van der Waals surface area contributed by atoms with Crippen LogP contribution in [0, 0.1) is 0 Å². The first-order valence-electron chi connectivity index (χ1n) is 22.4. The maximum absolute atomic E-state index is 13.6. The van der Waals surface area contributed by atoms with Crippen molar-refractivity contribution < 1.29 is 62.0 Å². The van der Waals surface area contributed by atoms with Crippen molar-refractivity contribution in [2.75, 3.05) is 64.7 Å². The summed E-state index contributed by atoms with van der Waals surface area (Å²) >= 11 is 0. The zero-order valence-corrected chi connectivity index (χ0v) is 38.2. The summed E-state index contributed by atoms with van der Waals surface area (Å²) in [7, 11) is 0. The molecule has 1 aliphatic carbocycles. The van der Waals surface area contributed by atoms with Crippen LogP contribution in [0.1, 0.15) is 65.3 Å². The highest BCUT2D eigenvalue weighted by molar-refractivity contribution is 6.42. The van der Waals surface area contributed by atoms with E-state index in [1.165, 1.54) is 0 Å². The fourth-order valence-electron chi connectivity index (χ4n) is 7.92. The zero-order valence-electron chi connectivity index (χ0n) is 38.2. The second kappa shape index (κ2) is 23.5. The molecule has 2 aliphatic rings. The van der Waals surface area contributed by atoms with E-state index in [9.17, 15) is 24.0 Å². The van der Waals surface area contributed by atoms with Crippen LogP contribution in [0.5, 0.6) is 23.0 Å². The summed E-state index contributed by atoms with van der Waals surface area (Å²) in [6.45, 7) is 4.46. The lowest BCUT2D eigenvalue weighted by atomic mass is 9.91. The number of amides is 1. The lowest BCUT2D eigenvalue weighted by molar-refractivity contribution is -0.174. The number of fused-ring (bicyclic) bond motifs is 8. The van der Waals surface area contributed by atoms with Crippen LogP contribution in [0.15, 0.2) is 108 Å². The van der Waals surface area contributed by atoms with Crippen molar-refractivity contribution in [3.63, 3.8) is 0 Å². The van der Waals surface area contributed by atoms with Gasteiger partial charge in [-0.15, -0.1) is 0 Å². The molecule has 1 aliphatic heterocycles. The highest BCUT2D eigenvalue weighted by Crippen LogP contribution is 2.39. The van der Waals surface area contributed by atoms with Crippen LogP contribution < -0.4 is 24.3 Å². The Balaban J connectivity index is 1.29. The topological polar surface area (TPSA) is 187 Å². The molecule has 0 fully saturated rings. The van der Waals surface area contributed by atoms with Crippen LogP contribution in [-0.4, -0.2) is 100 Å². The Kier molecular flexibility index (Phi) is 16.6. The van der Waals surface area contributed by atoms with E-state index in [0.717, 1.165) is 16.2 Å². The summed E-state index contributed by atoms with van der Waals surface area (Å²) in [5.41, 5.74) is 6.12. The van der Waals surface area contributed by atoms with Gasteiger partial charge in [0.1, 0.15) is 23.0 Å². The van der Waals surface area contributed by atoms with Gasteiger partial charge in [0.2, 0.25) is 5.84 Å². The molecule has 16 heteroatoms. The van der Waals surface area contributed by atoms with Crippen molar-refractivity contribution in [3.05, 3.63) is 148 Å². The second-order valence-corrected chi connectivity index (χ2v) is 15.5. The van der Waals surface area contributed by atoms with Gasteiger partial charge in [0.15, 0.2) is 26.4 Å². The minimum absolute atomic E-state index is 0.0502. The summed E-state index contributed by atoms with van der Waals surface area (Å²) in [5.74, 6) is -1.32. The molecule has 8 bridgehead atoms. The summed E-state index contributed by atoms with van der Waals surface area (Å²) in [4.78, 5) is 75.0. The Morgan fingerprint density at radius 3 is 1.15 bits per heavy atom. The number of ether oxygens (including phenoxy) is 7. The third-order valence-electron chi connectivity index (χ3n) is 10.7. The molecule has 16 nitrogen and oxygen atoms in total. The molecule has 68 heavy (non-hydrogen) atoms. The number of aliphatic imine (C=N–C) groups is 1. The summed E-state index contributed by atoms with van der Waals surface area (Å²) in [6, 6.07) is 31.5. The maximum atomic E-state index is 13.6. The molecule has 0 saturated heterocycles. The monoisotopic (exact) mass is 927 g/mol. The van der Waals surface area contributed by atoms with Crippen molar-refractivity contribution in [2.45, 2.75) is 46.5 Å². The van der Waals surface area contributed by atoms with Crippen molar-refractivity contribution in [2.24, 2.45) is 4.99 Å². The molecular weight excluding hydrogens is 875 g/mol. The highest BCUT2D eigenvalue weighted by Gasteiger charge is 2.29. The van der Waals surface area contributed by atoms with Gasteiger partial charge in [-0.1, -0.05) is 91.0 Å². The van der Waals surface area contributed by atoms with Gasteiger partial charge in [-0.05, 0) is 77.4 Å². The van der Waals surface area contributed by atoms with E-state index in [1.807, 2.05) is 78.9 Å². The van der Waals surface area contributed by atoms with Gasteiger partial charge < -0.3 is 43.3 Å². The number of amidine groups is 1. The van der Waals surface area contributed by atoms with E-state index in [1.54, 1.807) is 45.0 Å². The molecule has 5 aromatic carbocycles. The van der Waals surface area contributed by atoms with Crippen molar-refractivity contribution in [1.82, 2.24) is 5.06 Å². The van der Waals surface area contributed by atoms with Crippen molar-refractivity contribution in [3.8, 4) is 23.0 Å². The zero-order chi connectivity index (χ0) is 47.8. The number of rotatable bonds is 18. The van der Waals surface area contributed by atoms with Crippen LogP contribution in [-0.2, 0) is 68.7 Å². The Morgan fingerprint density at radius 2 is 0.809 bits per heavy atom. The number of carbonyl (C=O) groups is 5. The number of benzene rings is 5. The molecule has 5 aromatic rings. The van der Waals surface area contributed by atoms with Gasteiger partial charge in [-0.3, -0.25) is 9.79 Å². The summed E-state index contributed by atoms with van der Waals surface area (Å²) < 4.78 is 41.1. The first-order chi connectivity index (χ1) is 33.1. The summed E-state index contributed by atoms with van der Waals surface area (Å²) in [6.07, 6.45) is 0.936. The van der Waals surface area contributed by atoms with E-state index in [4.69, 9.17) is 38.0 Å². The van der Waals surface area contributed by atoms with Crippen molar-refractivity contribution >= 4 is 41.3 Å². The van der Waals surface area contributed by atoms with Crippen LogP contribution in [0.25, 0.3) is 0 Å². The molecule has 0 radical (unpaired) electrons. The number of hydroxylamine groups is 2. The molecule has 7 rings (SSSR count). The molecule has 1 amide bonds. The lowest BCUT2D eigenvalue weighted by Crippen LogP contribution is -2.39. The molecule has 354 valence electrons. The maximum Gasteiger partial charge on any atom is 0.369 e. The molecular formula is C52H53N3O13. The summed E-state index contributed by atoms with van der Waals surface area (Å²) in [5, 5.41) is 3.92. The first-order valence-corrected chi connectivity index (χ1v) is 22.4. The lowest BCUT2D eigenvalue weighted by Gasteiger charge is -2.23. The average molecular weight is 928 g/mol. The molecule has 0 aromatic heterocycles. The van der Waals surface area contributed by atoms with Gasteiger partial charge >= 0.3 is 23.9 Å². The first kappa shape index (κ1) is 48.1. The number of nitrogens with zero attached hydrogens (tertiary/aromatic N) is 2. The Morgan fingerprint density at radius 1 is 0.471 bits per heavy atom. The van der Waals surface area contributed by atoms with E-state index in [0.29, 0.717) is 62.1 Å². The van der Waals surface area contributed by atoms with Gasteiger partial charge in [-0.2, -0.15) is 5.06 Å². The number of hydrogen-bond acceptors (Lipinski definition) is 15. The van der Waals surface area contributed by atoms with E-state index < -0.39 is 36.4 Å². The number of nitrogens with one attached hydrogen (secondary N) is 1. The van der Waals surface area contributed by atoms with Crippen LogP contribution >= 0.6 is 0 Å². The molecule has 0 unspecified atom stereocenters. The third-order valence-corrected chi connectivity index (χ3v) is 10.7. The van der Waals surface area contributed by atoms with Crippen LogP contribution in [0.2, 0.25) is 0 Å². The minimum atomic E-state index is -0.780. The number of esters is 3. The average Bonchev–Trinajstić information content (AvgIpc) is 3.79. The predicted molar refractivity (Wildman–Crippen MR) is 249 cm³/mol. The largest absolute Gasteiger partial charge is 0.481 e. The Hall–Kier alpha value is -7.88. The Labute approximate surface area is 394 Å². The smallest absolute Gasteiger partial charge is 0.369 e. The number of carbonyl (C=O) groups excluding carboxylic acids is 5. The Bertz CT molecular complexity index is 2540. The molecule has 1 N–H and O–H groups in total. The van der Waals surface area contributed by atoms with E-state index in [-0.39, 0.29) is 84.2 Å². The number of anilines is 1. The van der Waals surface area contributed by atoms with Gasteiger partial charge in [0.05, 0.1) is 32.9 Å². The predicted octanol–water partition coefficient (Wildman–Crippen LogP) is 6.38. The number of hydrogen-bond donors (Lipinski definition) is 1. The van der Waals surface area contributed by atoms with E-state index >= 15 is 0 Å². The van der Waals surface area contributed by atoms with Crippen LogP contribution in [0.3, 0.4) is 0 Å². The fourth-order valence-corrected chi connectivity index (χ4v) is 7.92. The standard InChI is InChI=1S/C52H53N3O13/c1-4-61-43(56)30-64-47-34-14-10-15-35(47)27-37-17-12-19-39(49(37)66-32-45(58)63-6-3)29-41-21-13-20-40(28-38-18-11-16-36(26-34)48(38)65-31-44(57)62-5-2)50(41)67-33-46(59)68-55-25-24-53-51(55)52(60)54-42-22-8-7-9-23-42/h7-23H,4-6,24-33H2,1-3H3,(H,54,60). The normalized spacial score (nSPS) is 12.8. The van der Waals surface area contributed by atoms with Gasteiger partial charge in [0, 0.05) is 31.4 Å². The molecule has 0 saturated carbocycles. The minimum Gasteiger partial charge on any atom is -0.481 e. The fraction of sp³-hybridized carbons (Fsp3) is 0.308. The number of para-hydroxylation sites is 5. The SMILES string of the molecule is CCOC(=O)COc1c2cccc1Cc1cccc(c1OCC(=O)OCC)Cc1cccc(c1OCC(=O)ON1CCN=C1C(=O)Nc1ccccc1)Cc1cccc(c1OCC(=O)OCC)C2. The highest BCUT2D eigenvalue weighted by atomic mass is 16.7. The van der Waals surface area contributed by atoms with Crippen molar-refractivity contribution in [1.29, 1.82) is 0 Å². The molecule has 0 atom stereocenters. The van der Waals surface area contributed by atoms with Gasteiger partial charge in [0.25, 0.3) is 5.91 Å². The van der Waals surface area contributed by atoms with Gasteiger partial charge in [-0.25, -0.2) is 19.2 Å².